The molecule has 1 aromatic rings. The van der Waals surface area contributed by atoms with Crippen molar-refractivity contribution < 1.29 is 4.79 Å². The van der Waals surface area contributed by atoms with E-state index in [9.17, 15) is 4.79 Å². The van der Waals surface area contributed by atoms with Crippen LogP contribution in [-0.4, -0.2) is 30.4 Å². The highest BCUT2D eigenvalue weighted by atomic mass is 32.2. The third-order valence-corrected chi connectivity index (χ3v) is 4.12. The molecule has 1 aromatic carbocycles. The van der Waals surface area contributed by atoms with Crippen LogP contribution >= 0.6 is 11.8 Å². The molecule has 4 heteroatoms. The number of carbonyl (C=O) groups excluding carboxylic acids is 1. The second-order valence-electron chi connectivity index (χ2n) is 4.35. The number of anilines is 1. The molecule has 0 N–H and O–H groups in total. The molecule has 1 aliphatic heterocycles. The lowest BCUT2D eigenvalue weighted by atomic mass is 10.1. The molecule has 1 aliphatic rings. The lowest BCUT2D eigenvalue weighted by Gasteiger charge is -2.24. The Hall–Kier alpha value is -1.47. The molecule has 0 saturated carbocycles. The minimum Gasteiger partial charge on any atom is -0.370 e. The first-order valence-corrected chi connectivity index (χ1v) is 7.25. The van der Waals surface area contributed by atoms with Crippen LogP contribution in [0.25, 0.3) is 0 Å². The topological polar surface area (TPSA) is 44.1 Å². The van der Waals surface area contributed by atoms with Crippen molar-refractivity contribution >= 4 is 23.2 Å². The summed E-state index contributed by atoms with van der Waals surface area (Å²) < 4.78 is 0. The number of hydrogen-bond acceptors (Lipinski definition) is 4. The fourth-order valence-corrected chi connectivity index (χ4v) is 3.03. The quantitative estimate of drug-likeness (QED) is 0.767. The number of nitriles is 1. The first-order chi connectivity index (χ1) is 8.72. The van der Waals surface area contributed by atoms with Gasteiger partial charge in [-0.05, 0) is 37.3 Å². The number of thioether (sulfide) groups is 1. The number of nitrogens with zero attached hydrogens (tertiary/aromatic N) is 2. The Morgan fingerprint density at radius 3 is 2.94 bits per heavy atom. The third kappa shape index (κ3) is 2.85. The van der Waals surface area contributed by atoms with Gasteiger partial charge in [-0.25, -0.2) is 0 Å². The molecule has 0 radical (unpaired) electrons. The molecule has 0 unspecified atom stereocenters. The van der Waals surface area contributed by atoms with Crippen molar-refractivity contribution in [3.8, 4) is 6.07 Å². The van der Waals surface area contributed by atoms with Gasteiger partial charge in [0, 0.05) is 30.1 Å². The van der Waals surface area contributed by atoms with Crippen molar-refractivity contribution in [2.45, 2.75) is 13.3 Å². The Morgan fingerprint density at radius 2 is 2.22 bits per heavy atom. The normalized spacial score (nSPS) is 15.9. The third-order valence-electron chi connectivity index (χ3n) is 3.07. The number of hydrogen-bond donors (Lipinski definition) is 0. The summed E-state index contributed by atoms with van der Waals surface area (Å²) in [7, 11) is 0. The van der Waals surface area contributed by atoms with Crippen molar-refractivity contribution in [2.24, 2.45) is 0 Å². The van der Waals surface area contributed by atoms with E-state index in [2.05, 4.69) is 11.0 Å². The second kappa shape index (κ2) is 5.92. The molecular weight excluding hydrogens is 244 g/mol. The molecule has 3 nitrogen and oxygen atoms in total. The van der Waals surface area contributed by atoms with Gasteiger partial charge in [-0.1, -0.05) is 0 Å². The number of ketones is 1. The van der Waals surface area contributed by atoms with E-state index < -0.39 is 0 Å². The van der Waals surface area contributed by atoms with E-state index >= 15 is 0 Å². The smallest absolute Gasteiger partial charge is 0.161 e. The van der Waals surface area contributed by atoms with Crippen LogP contribution < -0.4 is 4.90 Å². The zero-order valence-electron chi connectivity index (χ0n) is 10.5. The zero-order valence-corrected chi connectivity index (χ0v) is 11.3. The van der Waals surface area contributed by atoms with Crippen molar-refractivity contribution in [1.29, 1.82) is 5.26 Å². The predicted molar refractivity (Wildman–Crippen MR) is 75.3 cm³/mol. The summed E-state index contributed by atoms with van der Waals surface area (Å²) in [5.74, 6) is 2.31. The van der Waals surface area contributed by atoms with Crippen LogP contribution in [0.1, 0.15) is 29.3 Å². The average Bonchev–Trinajstić information content (AvgIpc) is 2.66. The van der Waals surface area contributed by atoms with E-state index in [1.54, 1.807) is 19.1 Å². The summed E-state index contributed by atoms with van der Waals surface area (Å²) in [4.78, 5) is 13.9. The lowest BCUT2D eigenvalue weighted by Crippen LogP contribution is -2.27. The number of rotatable bonds is 2. The van der Waals surface area contributed by atoms with E-state index in [4.69, 9.17) is 5.26 Å². The van der Waals surface area contributed by atoms with E-state index in [0.29, 0.717) is 5.56 Å². The van der Waals surface area contributed by atoms with E-state index in [-0.39, 0.29) is 5.78 Å². The monoisotopic (exact) mass is 260 g/mol. The van der Waals surface area contributed by atoms with Gasteiger partial charge in [0.05, 0.1) is 11.6 Å². The molecule has 1 saturated heterocycles. The Morgan fingerprint density at radius 1 is 1.39 bits per heavy atom. The van der Waals surface area contributed by atoms with Gasteiger partial charge in [0.25, 0.3) is 0 Å². The molecule has 94 valence electrons. The van der Waals surface area contributed by atoms with Crippen LogP contribution in [0.3, 0.4) is 0 Å². The van der Waals surface area contributed by atoms with Crippen LogP contribution in [0.2, 0.25) is 0 Å². The van der Waals surface area contributed by atoms with Crippen LogP contribution in [0.4, 0.5) is 5.69 Å². The summed E-state index contributed by atoms with van der Waals surface area (Å²) in [6, 6.07) is 7.47. The number of benzene rings is 1. The molecule has 0 spiro atoms. The summed E-state index contributed by atoms with van der Waals surface area (Å²) >= 11 is 1.95. The summed E-state index contributed by atoms with van der Waals surface area (Å²) in [6.07, 6.45) is 1.12. The predicted octanol–water partition coefficient (Wildman–Crippen LogP) is 2.70. The van der Waals surface area contributed by atoms with E-state index in [0.717, 1.165) is 36.5 Å². The van der Waals surface area contributed by atoms with Gasteiger partial charge in [0.2, 0.25) is 0 Å². The molecular formula is C14H16N2OS. The van der Waals surface area contributed by atoms with Crippen LogP contribution in [0.5, 0.6) is 0 Å². The van der Waals surface area contributed by atoms with Gasteiger partial charge in [0.15, 0.2) is 5.78 Å². The van der Waals surface area contributed by atoms with Crippen molar-refractivity contribution in [1.82, 2.24) is 0 Å². The van der Waals surface area contributed by atoms with Gasteiger partial charge < -0.3 is 4.90 Å². The van der Waals surface area contributed by atoms with Crippen molar-refractivity contribution in [3.05, 3.63) is 29.3 Å². The van der Waals surface area contributed by atoms with E-state index in [1.165, 1.54) is 5.75 Å². The molecule has 0 amide bonds. The SMILES string of the molecule is CC(=O)c1ccc(C#N)cc1N1CCCSCC1. The Kier molecular flexibility index (Phi) is 4.27. The highest BCUT2D eigenvalue weighted by molar-refractivity contribution is 7.99. The van der Waals surface area contributed by atoms with Gasteiger partial charge >= 0.3 is 0 Å². The molecule has 0 aliphatic carbocycles. The Balaban J connectivity index is 2.39. The maximum atomic E-state index is 11.7. The number of carbonyl (C=O) groups is 1. The molecule has 0 atom stereocenters. The summed E-state index contributed by atoms with van der Waals surface area (Å²) in [6.45, 7) is 3.49. The zero-order chi connectivity index (χ0) is 13.0. The van der Waals surface area contributed by atoms with Gasteiger partial charge in [-0.15, -0.1) is 0 Å². The van der Waals surface area contributed by atoms with Crippen LogP contribution in [0.15, 0.2) is 18.2 Å². The first-order valence-electron chi connectivity index (χ1n) is 6.10. The van der Waals surface area contributed by atoms with Crippen LogP contribution in [0, 0.1) is 11.3 Å². The van der Waals surface area contributed by atoms with Gasteiger partial charge in [-0.2, -0.15) is 17.0 Å². The maximum Gasteiger partial charge on any atom is 0.161 e. The molecule has 0 bridgehead atoms. The van der Waals surface area contributed by atoms with Gasteiger partial charge in [0.1, 0.15) is 0 Å². The molecule has 0 aromatic heterocycles. The Labute approximate surface area is 112 Å². The average molecular weight is 260 g/mol. The molecule has 1 fully saturated rings. The Bertz CT molecular complexity index is 485. The highest BCUT2D eigenvalue weighted by Gasteiger charge is 2.16. The molecule has 18 heavy (non-hydrogen) atoms. The number of Topliss-reactive ketones (excluding diaryl/α,β-unsaturated/α-hetero) is 1. The van der Waals surface area contributed by atoms with Crippen molar-refractivity contribution in [2.75, 3.05) is 29.5 Å². The summed E-state index contributed by atoms with van der Waals surface area (Å²) in [5.41, 5.74) is 2.26. The molecule has 2 rings (SSSR count). The second-order valence-corrected chi connectivity index (χ2v) is 5.58. The molecule has 1 heterocycles. The minimum atomic E-state index is 0.0615. The largest absolute Gasteiger partial charge is 0.370 e. The summed E-state index contributed by atoms with van der Waals surface area (Å²) in [5, 5.41) is 8.99. The maximum absolute atomic E-state index is 11.7. The minimum absolute atomic E-state index is 0.0615. The van der Waals surface area contributed by atoms with Crippen molar-refractivity contribution in [3.63, 3.8) is 0 Å². The van der Waals surface area contributed by atoms with Gasteiger partial charge in [-0.3, -0.25) is 4.79 Å². The van der Waals surface area contributed by atoms with Crippen LogP contribution in [-0.2, 0) is 0 Å². The first kappa shape index (κ1) is 13.0. The fraction of sp³-hybridized carbons (Fsp3) is 0.429. The standard InChI is InChI=1S/C14H16N2OS/c1-11(17)13-4-3-12(10-15)9-14(13)16-5-2-7-18-8-6-16/h3-4,9H,2,5-8H2,1H3. The fourth-order valence-electron chi connectivity index (χ4n) is 2.15. The lowest BCUT2D eigenvalue weighted by molar-refractivity contribution is 0.101. The van der Waals surface area contributed by atoms with E-state index in [1.807, 2.05) is 17.8 Å². The highest BCUT2D eigenvalue weighted by Crippen LogP contribution is 2.25.